The minimum absolute atomic E-state index is 0.0296. The van der Waals surface area contributed by atoms with E-state index < -0.39 is 4.92 Å². The SMILES string of the molecule is CCCCCC/C=C\COC(=O)CCCCCCCN(CCCCCCCC(=O)OC(CCCC)CCCCC)CCCN/C(=C/[N+](=O)[O-])NC. The molecule has 0 radical (unpaired) electrons. The van der Waals surface area contributed by atoms with Crippen LogP contribution in [0.3, 0.4) is 0 Å². The first-order valence-electron chi connectivity index (χ1n) is 20.8. The van der Waals surface area contributed by atoms with Crippen molar-refractivity contribution in [3.05, 3.63) is 34.3 Å². The van der Waals surface area contributed by atoms with E-state index in [1.165, 1.54) is 38.5 Å². The summed E-state index contributed by atoms with van der Waals surface area (Å²) in [5.74, 6) is 0.285. The van der Waals surface area contributed by atoms with Gasteiger partial charge in [0.2, 0.25) is 0 Å². The van der Waals surface area contributed by atoms with Gasteiger partial charge >= 0.3 is 11.9 Å². The second-order valence-corrected chi connectivity index (χ2v) is 14.0. The molecule has 51 heavy (non-hydrogen) atoms. The van der Waals surface area contributed by atoms with Crippen molar-refractivity contribution in [2.75, 3.05) is 39.8 Å². The van der Waals surface area contributed by atoms with Crippen LogP contribution in [-0.4, -0.2) is 67.7 Å². The van der Waals surface area contributed by atoms with Gasteiger partial charge < -0.3 is 25.0 Å². The van der Waals surface area contributed by atoms with Crippen molar-refractivity contribution >= 4 is 11.9 Å². The number of allylic oxidation sites excluding steroid dienone is 1. The predicted octanol–water partition coefficient (Wildman–Crippen LogP) is 10.00. The Morgan fingerprint density at radius 3 is 1.86 bits per heavy atom. The van der Waals surface area contributed by atoms with E-state index in [2.05, 4.69) is 42.4 Å². The van der Waals surface area contributed by atoms with Crippen LogP contribution in [0.2, 0.25) is 0 Å². The highest BCUT2D eigenvalue weighted by Crippen LogP contribution is 2.16. The van der Waals surface area contributed by atoms with Crippen LogP contribution in [0.1, 0.15) is 181 Å². The van der Waals surface area contributed by atoms with Crippen LogP contribution in [0, 0.1) is 10.1 Å². The highest BCUT2D eigenvalue weighted by Gasteiger charge is 2.14. The number of rotatable bonds is 38. The molecule has 2 N–H and O–H groups in total. The summed E-state index contributed by atoms with van der Waals surface area (Å²) in [5.41, 5.74) is 0. The zero-order valence-electron chi connectivity index (χ0n) is 33.4. The van der Waals surface area contributed by atoms with E-state index in [1.54, 1.807) is 7.05 Å². The lowest BCUT2D eigenvalue weighted by atomic mass is 10.1. The van der Waals surface area contributed by atoms with Gasteiger partial charge in [-0.3, -0.25) is 19.7 Å². The van der Waals surface area contributed by atoms with E-state index in [0.717, 1.165) is 135 Å². The molecule has 0 saturated carbocycles. The molecule has 0 heterocycles. The maximum Gasteiger partial charge on any atom is 0.306 e. The Labute approximate surface area is 312 Å². The number of carbonyl (C=O) groups is 2. The van der Waals surface area contributed by atoms with Crippen molar-refractivity contribution in [2.45, 2.75) is 187 Å². The van der Waals surface area contributed by atoms with Crippen molar-refractivity contribution < 1.29 is 24.0 Å². The molecule has 0 aromatic heterocycles. The monoisotopic (exact) mass is 723 g/mol. The maximum atomic E-state index is 12.5. The van der Waals surface area contributed by atoms with Gasteiger partial charge in [-0.05, 0) is 83.8 Å². The Kier molecular flexibility index (Phi) is 35.2. The third-order valence-electron chi connectivity index (χ3n) is 9.22. The minimum atomic E-state index is -0.454. The average molecular weight is 723 g/mol. The topological polar surface area (TPSA) is 123 Å². The van der Waals surface area contributed by atoms with Crippen LogP contribution >= 0.6 is 0 Å². The van der Waals surface area contributed by atoms with Crippen LogP contribution in [0.4, 0.5) is 0 Å². The Bertz CT molecular complexity index is 897. The molecule has 0 aromatic rings. The fourth-order valence-corrected chi connectivity index (χ4v) is 6.08. The molecule has 0 spiro atoms. The number of nitro groups is 1. The van der Waals surface area contributed by atoms with Crippen molar-refractivity contribution in [3.63, 3.8) is 0 Å². The summed E-state index contributed by atoms with van der Waals surface area (Å²) in [5, 5.41) is 16.8. The molecule has 0 aromatic carbocycles. The summed E-state index contributed by atoms with van der Waals surface area (Å²) >= 11 is 0. The lowest BCUT2D eigenvalue weighted by molar-refractivity contribution is -0.404. The first kappa shape index (κ1) is 48.4. The van der Waals surface area contributed by atoms with Gasteiger partial charge in [-0.2, -0.15) is 0 Å². The van der Waals surface area contributed by atoms with E-state index in [4.69, 9.17) is 9.47 Å². The minimum Gasteiger partial charge on any atom is -0.462 e. The van der Waals surface area contributed by atoms with Gasteiger partial charge in [0, 0.05) is 26.4 Å². The smallest absolute Gasteiger partial charge is 0.306 e. The molecule has 0 amide bonds. The highest BCUT2D eigenvalue weighted by atomic mass is 16.6. The standard InChI is InChI=1S/C41H78N4O6/c1-5-8-11-12-13-20-26-36-50-40(46)30-22-16-14-18-24-33-44(35-27-32-43-39(42-4)37-45(48)49)34-25-19-15-17-23-31-41(47)51-38(28-10-7-3)29-21-9-6-2/h20,26,37-38,42-43H,5-19,21-25,27-36H2,1-4H3/b26-20-,39-37+. The van der Waals surface area contributed by atoms with Crippen molar-refractivity contribution in [1.29, 1.82) is 0 Å². The number of ether oxygens (including phenoxy) is 2. The lowest BCUT2D eigenvalue weighted by Crippen LogP contribution is -2.31. The van der Waals surface area contributed by atoms with Crippen LogP contribution in [0.15, 0.2) is 24.2 Å². The third kappa shape index (κ3) is 34.2. The van der Waals surface area contributed by atoms with Crippen molar-refractivity contribution in [2.24, 2.45) is 0 Å². The molecule has 0 bridgehead atoms. The summed E-state index contributed by atoms with van der Waals surface area (Å²) in [6.07, 6.45) is 31.4. The van der Waals surface area contributed by atoms with Gasteiger partial charge in [-0.15, -0.1) is 0 Å². The van der Waals surface area contributed by atoms with Crippen LogP contribution in [-0.2, 0) is 19.1 Å². The summed E-state index contributed by atoms with van der Waals surface area (Å²) in [7, 11) is 1.67. The number of nitrogens with zero attached hydrogens (tertiary/aromatic N) is 2. The van der Waals surface area contributed by atoms with E-state index in [0.29, 0.717) is 31.8 Å². The number of nitrogens with one attached hydrogen (secondary N) is 2. The van der Waals surface area contributed by atoms with Crippen LogP contribution in [0.25, 0.3) is 0 Å². The molecule has 10 nitrogen and oxygen atoms in total. The van der Waals surface area contributed by atoms with Gasteiger partial charge in [-0.1, -0.05) is 116 Å². The first-order chi connectivity index (χ1) is 24.9. The average Bonchev–Trinajstić information content (AvgIpc) is 3.11. The molecule has 0 rings (SSSR count). The molecule has 0 aliphatic rings. The number of hydrogen-bond donors (Lipinski definition) is 2. The number of carbonyl (C=O) groups excluding carboxylic acids is 2. The molecule has 0 aliphatic heterocycles. The summed E-state index contributed by atoms with van der Waals surface area (Å²) in [6.45, 7) is 10.6. The lowest BCUT2D eigenvalue weighted by Gasteiger charge is -2.22. The van der Waals surface area contributed by atoms with Gasteiger partial charge in [0.1, 0.15) is 12.7 Å². The molecular weight excluding hydrogens is 644 g/mol. The summed E-state index contributed by atoms with van der Waals surface area (Å²) in [6, 6.07) is 0. The third-order valence-corrected chi connectivity index (χ3v) is 9.22. The Balaban J connectivity index is 4.37. The van der Waals surface area contributed by atoms with Gasteiger partial charge in [0.15, 0.2) is 5.82 Å². The summed E-state index contributed by atoms with van der Waals surface area (Å²) in [4.78, 5) is 37.4. The summed E-state index contributed by atoms with van der Waals surface area (Å²) < 4.78 is 11.2. The first-order valence-corrected chi connectivity index (χ1v) is 20.8. The van der Waals surface area contributed by atoms with E-state index in [9.17, 15) is 19.7 Å². The van der Waals surface area contributed by atoms with E-state index in [1.807, 2.05) is 6.08 Å². The molecule has 0 saturated heterocycles. The van der Waals surface area contributed by atoms with Crippen LogP contribution in [0.5, 0.6) is 0 Å². The Morgan fingerprint density at radius 2 is 1.24 bits per heavy atom. The van der Waals surface area contributed by atoms with Gasteiger partial charge in [0.25, 0.3) is 6.20 Å². The number of hydrogen-bond acceptors (Lipinski definition) is 9. The zero-order chi connectivity index (χ0) is 37.6. The van der Waals surface area contributed by atoms with Crippen molar-refractivity contribution in [3.8, 4) is 0 Å². The second-order valence-electron chi connectivity index (χ2n) is 14.0. The fourth-order valence-electron chi connectivity index (χ4n) is 6.08. The highest BCUT2D eigenvalue weighted by molar-refractivity contribution is 5.69. The fraction of sp³-hybridized carbons (Fsp3) is 0.854. The zero-order valence-corrected chi connectivity index (χ0v) is 33.4. The second kappa shape index (κ2) is 37.1. The number of esters is 2. The molecule has 0 aliphatic carbocycles. The molecule has 1 unspecified atom stereocenters. The van der Waals surface area contributed by atoms with E-state index in [-0.39, 0.29) is 18.0 Å². The Morgan fingerprint density at radius 1 is 0.686 bits per heavy atom. The maximum absolute atomic E-state index is 12.5. The quantitative estimate of drug-likeness (QED) is 0.0211. The number of unbranched alkanes of at least 4 members (excludes halogenated alkanes) is 15. The molecule has 1 atom stereocenters. The molecule has 298 valence electrons. The van der Waals surface area contributed by atoms with Gasteiger partial charge in [0.05, 0.1) is 4.92 Å². The molecule has 0 fully saturated rings. The molecular formula is C41H78N4O6. The predicted molar refractivity (Wildman–Crippen MR) is 211 cm³/mol. The normalized spacial score (nSPS) is 12.4. The van der Waals surface area contributed by atoms with E-state index >= 15 is 0 Å². The largest absolute Gasteiger partial charge is 0.462 e. The van der Waals surface area contributed by atoms with Gasteiger partial charge in [-0.25, -0.2) is 0 Å². The molecule has 10 heteroatoms. The van der Waals surface area contributed by atoms with Crippen LogP contribution < -0.4 is 10.6 Å². The van der Waals surface area contributed by atoms with Crippen molar-refractivity contribution in [1.82, 2.24) is 15.5 Å². The Hall–Kier alpha value is -2.62.